The highest BCUT2D eigenvalue weighted by Crippen LogP contribution is 2.37. The number of carbonyl (C=O) groups excluding carboxylic acids is 1. The van der Waals surface area contributed by atoms with E-state index in [0.717, 1.165) is 9.87 Å². The molecule has 1 aromatic carbocycles. The van der Waals surface area contributed by atoms with E-state index in [2.05, 4.69) is 0 Å². The second-order valence-corrected chi connectivity index (χ2v) is 8.12. The molecule has 1 heterocycles. The number of esters is 1. The van der Waals surface area contributed by atoms with Gasteiger partial charge in [-0.3, -0.25) is 9.35 Å². The van der Waals surface area contributed by atoms with Crippen molar-refractivity contribution in [1.82, 2.24) is 4.31 Å². The Morgan fingerprint density at radius 1 is 1.30 bits per heavy atom. The lowest BCUT2D eigenvalue weighted by atomic mass is 9.90. The van der Waals surface area contributed by atoms with Gasteiger partial charge < -0.3 is 4.74 Å². The van der Waals surface area contributed by atoms with E-state index in [1.807, 2.05) is 30.3 Å². The third-order valence-corrected chi connectivity index (χ3v) is 4.86. The van der Waals surface area contributed by atoms with Crippen molar-refractivity contribution in [3.63, 3.8) is 0 Å². The molecule has 1 aliphatic rings. The van der Waals surface area contributed by atoms with Crippen molar-refractivity contribution in [2.45, 2.75) is 51.2 Å². The van der Waals surface area contributed by atoms with Crippen LogP contribution in [-0.4, -0.2) is 41.4 Å². The molecule has 2 atom stereocenters. The molecule has 0 amide bonds. The molecule has 1 saturated heterocycles. The predicted octanol–water partition coefficient (Wildman–Crippen LogP) is 2.38. The van der Waals surface area contributed by atoms with Crippen LogP contribution in [0.25, 0.3) is 0 Å². The van der Waals surface area contributed by atoms with E-state index < -0.39 is 27.9 Å². The van der Waals surface area contributed by atoms with Gasteiger partial charge in [-0.1, -0.05) is 30.3 Å². The highest BCUT2D eigenvalue weighted by molar-refractivity contribution is 7.83. The Hall–Kier alpha value is -1.44. The van der Waals surface area contributed by atoms with Crippen LogP contribution in [0.4, 0.5) is 0 Å². The van der Waals surface area contributed by atoms with E-state index in [1.54, 1.807) is 20.8 Å². The smallest absolute Gasteiger partial charge is 0.336 e. The van der Waals surface area contributed by atoms with Gasteiger partial charge in [0, 0.05) is 18.5 Å². The maximum Gasteiger partial charge on any atom is 0.336 e. The Balaban J connectivity index is 2.25. The summed E-state index contributed by atoms with van der Waals surface area (Å²) in [7, 11) is -4.36. The average molecular weight is 341 g/mol. The number of ether oxygens (including phenoxy) is 1. The van der Waals surface area contributed by atoms with Crippen LogP contribution in [-0.2, 0) is 19.8 Å². The maximum absolute atomic E-state index is 12.1. The molecule has 0 radical (unpaired) electrons. The van der Waals surface area contributed by atoms with Crippen molar-refractivity contribution < 1.29 is 22.5 Å². The molecular formula is C16H23NO5S. The molecular weight excluding hydrogens is 318 g/mol. The minimum Gasteiger partial charge on any atom is -0.460 e. The van der Waals surface area contributed by atoms with Gasteiger partial charge in [-0.05, 0) is 32.8 Å². The van der Waals surface area contributed by atoms with Gasteiger partial charge in [-0.15, -0.1) is 0 Å². The van der Waals surface area contributed by atoms with Crippen molar-refractivity contribution >= 4 is 16.3 Å². The van der Waals surface area contributed by atoms with Gasteiger partial charge in [-0.2, -0.15) is 12.7 Å². The average Bonchev–Trinajstić information content (AvgIpc) is 2.81. The summed E-state index contributed by atoms with van der Waals surface area (Å²) in [6.07, 6.45) is 0.466. The third kappa shape index (κ3) is 4.76. The van der Waals surface area contributed by atoms with E-state index in [1.165, 1.54) is 0 Å². The molecule has 0 bridgehead atoms. The van der Waals surface area contributed by atoms with Crippen LogP contribution < -0.4 is 0 Å². The van der Waals surface area contributed by atoms with Gasteiger partial charge in [0.1, 0.15) is 5.60 Å². The lowest BCUT2D eigenvalue weighted by Crippen LogP contribution is -2.39. The van der Waals surface area contributed by atoms with E-state index in [0.29, 0.717) is 6.42 Å². The fourth-order valence-electron chi connectivity index (χ4n) is 3.00. The molecule has 1 N–H and O–H groups in total. The molecule has 1 aromatic rings. The van der Waals surface area contributed by atoms with Crippen LogP contribution in [0.1, 0.15) is 45.1 Å². The predicted molar refractivity (Wildman–Crippen MR) is 86.3 cm³/mol. The fourth-order valence-corrected chi connectivity index (χ4v) is 3.90. The molecule has 1 fully saturated rings. The molecule has 1 aliphatic heterocycles. The van der Waals surface area contributed by atoms with Crippen LogP contribution >= 0.6 is 0 Å². The topological polar surface area (TPSA) is 83.9 Å². The lowest BCUT2D eigenvalue weighted by Gasteiger charge is -2.27. The Labute approximate surface area is 137 Å². The van der Waals surface area contributed by atoms with E-state index in [-0.39, 0.29) is 18.9 Å². The van der Waals surface area contributed by atoms with Gasteiger partial charge in [-0.25, -0.2) is 0 Å². The lowest BCUT2D eigenvalue weighted by molar-refractivity contribution is -0.155. The first-order valence-corrected chi connectivity index (χ1v) is 8.98. The van der Waals surface area contributed by atoms with Crippen molar-refractivity contribution in [2.24, 2.45) is 0 Å². The molecule has 0 aliphatic carbocycles. The van der Waals surface area contributed by atoms with Crippen LogP contribution in [0.15, 0.2) is 30.3 Å². The van der Waals surface area contributed by atoms with Crippen molar-refractivity contribution in [3.05, 3.63) is 35.9 Å². The monoisotopic (exact) mass is 341 g/mol. The Morgan fingerprint density at radius 2 is 1.91 bits per heavy atom. The molecule has 0 aromatic heterocycles. The first kappa shape index (κ1) is 17.9. The zero-order valence-corrected chi connectivity index (χ0v) is 14.4. The number of rotatable bonds is 4. The molecule has 2 unspecified atom stereocenters. The first-order valence-electron chi connectivity index (χ1n) is 7.59. The van der Waals surface area contributed by atoms with Crippen molar-refractivity contribution in [2.75, 3.05) is 6.54 Å². The molecule has 128 valence electrons. The Kier molecular flexibility index (Phi) is 5.13. The SMILES string of the molecule is CC(C)(C)OC(=O)CC1C(c2ccccc2)CCN1S(=O)(=O)O. The van der Waals surface area contributed by atoms with E-state index in [9.17, 15) is 17.8 Å². The summed E-state index contributed by atoms with van der Waals surface area (Å²) >= 11 is 0. The number of carbonyl (C=O) groups is 1. The second-order valence-electron chi connectivity index (χ2n) is 6.75. The van der Waals surface area contributed by atoms with Crippen LogP contribution in [0.2, 0.25) is 0 Å². The highest BCUT2D eigenvalue weighted by Gasteiger charge is 2.42. The molecule has 6 nitrogen and oxygen atoms in total. The van der Waals surface area contributed by atoms with Crippen LogP contribution in [0.3, 0.4) is 0 Å². The maximum atomic E-state index is 12.1. The van der Waals surface area contributed by atoms with Gasteiger partial charge in [0.15, 0.2) is 0 Å². The van der Waals surface area contributed by atoms with Gasteiger partial charge in [0.25, 0.3) is 0 Å². The zero-order chi connectivity index (χ0) is 17.3. The highest BCUT2D eigenvalue weighted by atomic mass is 32.2. The summed E-state index contributed by atoms with van der Waals surface area (Å²) in [5.41, 5.74) is 0.313. The standard InChI is InChI=1S/C16H23NO5S/c1-16(2,3)22-15(18)11-14-13(12-7-5-4-6-8-12)9-10-17(14)23(19,20)21/h4-8,13-14H,9-11H2,1-3H3,(H,19,20,21). The summed E-state index contributed by atoms with van der Waals surface area (Å²) < 4.78 is 39.0. The summed E-state index contributed by atoms with van der Waals surface area (Å²) in [5, 5.41) is 0. The zero-order valence-electron chi connectivity index (χ0n) is 13.6. The molecule has 0 saturated carbocycles. The van der Waals surface area contributed by atoms with Crippen LogP contribution in [0, 0.1) is 0 Å². The number of benzene rings is 1. The molecule has 2 rings (SSSR count). The largest absolute Gasteiger partial charge is 0.460 e. The number of hydrogen-bond donors (Lipinski definition) is 1. The van der Waals surface area contributed by atoms with Crippen molar-refractivity contribution in [3.8, 4) is 0 Å². The normalized spacial score (nSPS) is 23.0. The number of hydrogen-bond acceptors (Lipinski definition) is 4. The fraction of sp³-hybridized carbons (Fsp3) is 0.562. The molecule has 23 heavy (non-hydrogen) atoms. The summed E-state index contributed by atoms with van der Waals surface area (Å²) in [6.45, 7) is 5.46. The van der Waals surface area contributed by atoms with E-state index >= 15 is 0 Å². The minimum absolute atomic E-state index is 0.0867. The first-order chi connectivity index (χ1) is 10.6. The third-order valence-electron chi connectivity index (χ3n) is 3.81. The number of nitrogens with zero attached hydrogens (tertiary/aromatic N) is 1. The summed E-state index contributed by atoms with van der Waals surface area (Å²) in [5.74, 6) is -0.621. The van der Waals surface area contributed by atoms with E-state index in [4.69, 9.17) is 4.74 Å². The quantitative estimate of drug-likeness (QED) is 0.671. The van der Waals surface area contributed by atoms with Gasteiger partial charge in [0.05, 0.1) is 6.42 Å². The summed E-state index contributed by atoms with van der Waals surface area (Å²) in [6, 6.07) is 8.79. The second kappa shape index (κ2) is 6.59. The summed E-state index contributed by atoms with van der Waals surface area (Å²) in [4.78, 5) is 12.1. The van der Waals surface area contributed by atoms with Gasteiger partial charge in [0.2, 0.25) is 0 Å². The van der Waals surface area contributed by atoms with Crippen LogP contribution in [0.5, 0.6) is 0 Å². The van der Waals surface area contributed by atoms with Crippen molar-refractivity contribution in [1.29, 1.82) is 0 Å². The molecule has 0 spiro atoms. The minimum atomic E-state index is -4.36. The van der Waals surface area contributed by atoms with Gasteiger partial charge >= 0.3 is 16.3 Å². The molecule has 7 heteroatoms. The Bertz CT molecular complexity index is 651. The Morgan fingerprint density at radius 3 is 2.43 bits per heavy atom.